The SMILES string of the molecule is N=C(N)c1ccc(N(CCO)CC(F)F)c(Cl)c1. The molecule has 0 spiro atoms. The number of benzene rings is 1. The number of anilines is 1. The molecule has 0 heterocycles. The van der Waals surface area contributed by atoms with Crippen molar-refractivity contribution in [2.24, 2.45) is 5.73 Å². The number of hydrogen-bond donors (Lipinski definition) is 3. The highest BCUT2D eigenvalue weighted by molar-refractivity contribution is 6.33. The quantitative estimate of drug-likeness (QED) is 0.547. The first-order chi connectivity index (χ1) is 8.45. The number of nitrogen functional groups attached to an aromatic ring is 1. The van der Waals surface area contributed by atoms with Gasteiger partial charge in [-0.3, -0.25) is 5.41 Å². The minimum absolute atomic E-state index is 0.0590. The van der Waals surface area contributed by atoms with E-state index in [4.69, 9.17) is 27.9 Å². The first-order valence-electron chi connectivity index (χ1n) is 5.23. The van der Waals surface area contributed by atoms with Gasteiger partial charge in [0.2, 0.25) is 0 Å². The number of hydrogen-bond acceptors (Lipinski definition) is 3. The number of aliphatic hydroxyl groups is 1. The number of rotatable bonds is 6. The standard InChI is InChI=1S/C11H14ClF2N3O/c12-8-5-7(11(15)16)1-2-9(8)17(3-4-18)6-10(13)14/h1-2,5,10,18H,3-4,6H2,(H3,15,16). The Morgan fingerprint density at radius 3 is 2.61 bits per heavy atom. The summed E-state index contributed by atoms with van der Waals surface area (Å²) in [6.07, 6.45) is -2.53. The summed E-state index contributed by atoms with van der Waals surface area (Å²) in [5, 5.41) is 16.3. The molecule has 0 saturated heterocycles. The fourth-order valence-electron chi connectivity index (χ4n) is 1.53. The van der Waals surface area contributed by atoms with E-state index < -0.39 is 13.0 Å². The van der Waals surface area contributed by atoms with Crippen molar-refractivity contribution in [1.29, 1.82) is 5.41 Å². The van der Waals surface area contributed by atoms with Gasteiger partial charge in [0.1, 0.15) is 5.84 Å². The van der Waals surface area contributed by atoms with Gasteiger partial charge in [0.25, 0.3) is 6.43 Å². The molecular formula is C11H14ClF2N3O. The predicted molar refractivity (Wildman–Crippen MR) is 67.8 cm³/mol. The molecule has 0 radical (unpaired) electrons. The van der Waals surface area contributed by atoms with Gasteiger partial charge in [-0.1, -0.05) is 11.6 Å². The average Bonchev–Trinajstić information content (AvgIpc) is 2.27. The molecule has 0 aliphatic heterocycles. The lowest BCUT2D eigenvalue weighted by Crippen LogP contribution is -2.31. The van der Waals surface area contributed by atoms with Crippen LogP contribution in [0.5, 0.6) is 0 Å². The van der Waals surface area contributed by atoms with Crippen molar-refractivity contribution >= 4 is 23.1 Å². The van der Waals surface area contributed by atoms with E-state index >= 15 is 0 Å². The van der Waals surface area contributed by atoms with Crippen LogP contribution in [0.4, 0.5) is 14.5 Å². The number of alkyl halides is 2. The molecule has 0 fully saturated rings. The Morgan fingerprint density at radius 2 is 2.17 bits per heavy atom. The summed E-state index contributed by atoms with van der Waals surface area (Å²) in [5.74, 6) is -0.147. The number of nitrogens with two attached hydrogens (primary N) is 1. The Kier molecular flexibility index (Phi) is 5.30. The number of amidine groups is 1. The molecule has 0 unspecified atom stereocenters. The molecule has 0 aliphatic rings. The summed E-state index contributed by atoms with van der Waals surface area (Å²) < 4.78 is 24.8. The van der Waals surface area contributed by atoms with E-state index in [2.05, 4.69) is 0 Å². The zero-order valence-electron chi connectivity index (χ0n) is 9.54. The van der Waals surface area contributed by atoms with Crippen LogP contribution in [0.25, 0.3) is 0 Å². The van der Waals surface area contributed by atoms with Gasteiger partial charge in [-0.05, 0) is 18.2 Å². The Bertz CT molecular complexity index is 429. The van der Waals surface area contributed by atoms with E-state index in [0.29, 0.717) is 11.3 Å². The number of nitrogens with zero attached hydrogens (tertiary/aromatic N) is 1. The van der Waals surface area contributed by atoms with Gasteiger partial charge in [-0.2, -0.15) is 0 Å². The van der Waals surface area contributed by atoms with Gasteiger partial charge >= 0.3 is 0 Å². The average molecular weight is 278 g/mol. The molecule has 4 nitrogen and oxygen atoms in total. The van der Waals surface area contributed by atoms with Crippen LogP contribution < -0.4 is 10.6 Å². The molecular weight excluding hydrogens is 264 g/mol. The van der Waals surface area contributed by atoms with Crippen molar-refractivity contribution in [1.82, 2.24) is 0 Å². The molecule has 7 heteroatoms. The Labute approximate surface area is 108 Å². The van der Waals surface area contributed by atoms with Crippen molar-refractivity contribution in [3.05, 3.63) is 28.8 Å². The second-order valence-electron chi connectivity index (χ2n) is 3.64. The number of nitrogens with one attached hydrogen (secondary N) is 1. The summed E-state index contributed by atoms with van der Waals surface area (Å²) >= 11 is 5.97. The van der Waals surface area contributed by atoms with Gasteiger partial charge in [0.15, 0.2) is 0 Å². The van der Waals surface area contributed by atoms with Crippen molar-refractivity contribution in [3.63, 3.8) is 0 Å². The maximum absolute atomic E-state index is 12.4. The summed E-state index contributed by atoms with van der Waals surface area (Å²) in [7, 11) is 0. The first-order valence-corrected chi connectivity index (χ1v) is 5.61. The monoisotopic (exact) mass is 277 g/mol. The normalized spacial score (nSPS) is 10.7. The van der Waals surface area contributed by atoms with Crippen LogP contribution in [0.3, 0.4) is 0 Å². The molecule has 1 aromatic carbocycles. The maximum Gasteiger partial charge on any atom is 0.255 e. The largest absolute Gasteiger partial charge is 0.395 e. The van der Waals surface area contributed by atoms with E-state index in [0.717, 1.165) is 0 Å². The summed E-state index contributed by atoms with van der Waals surface area (Å²) in [5.41, 5.74) is 6.11. The molecule has 0 bridgehead atoms. The van der Waals surface area contributed by atoms with Crippen LogP contribution >= 0.6 is 11.6 Å². The fraction of sp³-hybridized carbons (Fsp3) is 0.364. The van der Waals surface area contributed by atoms with Gasteiger partial charge in [-0.15, -0.1) is 0 Å². The Morgan fingerprint density at radius 1 is 1.50 bits per heavy atom. The third-order valence-electron chi connectivity index (χ3n) is 2.33. The third-order valence-corrected chi connectivity index (χ3v) is 2.63. The second-order valence-corrected chi connectivity index (χ2v) is 4.05. The van der Waals surface area contributed by atoms with E-state index in [1.54, 1.807) is 0 Å². The van der Waals surface area contributed by atoms with Gasteiger partial charge < -0.3 is 15.7 Å². The van der Waals surface area contributed by atoms with Crippen LogP contribution in [-0.4, -0.2) is 37.1 Å². The lowest BCUT2D eigenvalue weighted by molar-refractivity contribution is 0.153. The summed E-state index contributed by atoms with van der Waals surface area (Å²) in [6.45, 7) is -0.708. The highest BCUT2D eigenvalue weighted by Gasteiger charge is 2.15. The summed E-state index contributed by atoms with van der Waals surface area (Å²) in [6, 6.07) is 4.48. The minimum Gasteiger partial charge on any atom is -0.395 e. The van der Waals surface area contributed by atoms with E-state index in [1.807, 2.05) is 0 Å². The van der Waals surface area contributed by atoms with E-state index in [1.165, 1.54) is 23.1 Å². The van der Waals surface area contributed by atoms with Crippen LogP contribution in [-0.2, 0) is 0 Å². The molecule has 0 aromatic heterocycles. The molecule has 0 saturated carbocycles. The Balaban J connectivity index is 3.01. The Hall–Kier alpha value is -1.40. The molecule has 100 valence electrons. The van der Waals surface area contributed by atoms with Crippen molar-refractivity contribution in [2.75, 3.05) is 24.6 Å². The molecule has 4 N–H and O–H groups in total. The zero-order valence-corrected chi connectivity index (χ0v) is 10.3. The zero-order chi connectivity index (χ0) is 13.7. The highest BCUT2D eigenvalue weighted by Crippen LogP contribution is 2.27. The van der Waals surface area contributed by atoms with Crippen LogP contribution in [0, 0.1) is 5.41 Å². The van der Waals surface area contributed by atoms with E-state index in [-0.39, 0.29) is 24.0 Å². The smallest absolute Gasteiger partial charge is 0.255 e. The van der Waals surface area contributed by atoms with Gasteiger partial charge in [0, 0.05) is 12.1 Å². The van der Waals surface area contributed by atoms with Crippen molar-refractivity contribution in [2.45, 2.75) is 6.43 Å². The van der Waals surface area contributed by atoms with Crippen LogP contribution in [0.1, 0.15) is 5.56 Å². The lowest BCUT2D eigenvalue weighted by Gasteiger charge is -2.24. The van der Waals surface area contributed by atoms with E-state index in [9.17, 15) is 8.78 Å². The molecule has 1 aromatic rings. The van der Waals surface area contributed by atoms with Crippen LogP contribution in [0.2, 0.25) is 5.02 Å². The number of aliphatic hydroxyl groups excluding tert-OH is 1. The van der Waals surface area contributed by atoms with Crippen molar-refractivity contribution < 1.29 is 13.9 Å². The lowest BCUT2D eigenvalue weighted by atomic mass is 10.1. The van der Waals surface area contributed by atoms with Crippen LogP contribution in [0.15, 0.2) is 18.2 Å². The molecule has 0 atom stereocenters. The molecule has 0 aliphatic carbocycles. The topological polar surface area (TPSA) is 73.3 Å². The fourth-order valence-corrected chi connectivity index (χ4v) is 1.83. The third kappa shape index (κ3) is 3.82. The van der Waals surface area contributed by atoms with Crippen molar-refractivity contribution in [3.8, 4) is 0 Å². The minimum atomic E-state index is -2.53. The highest BCUT2D eigenvalue weighted by atomic mass is 35.5. The molecule has 18 heavy (non-hydrogen) atoms. The predicted octanol–water partition coefficient (Wildman–Crippen LogP) is 1.69. The molecule has 0 amide bonds. The molecule has 1 rings (SSSR count). The van der Waals surface area contributed by atoms with Gasteiger partial charge in [-0.25, -0.2) is 8.78 Å². The second kappa shape index (κ2) is 6.51. The number of halogens is 3. The maximum atomic E-state index is 12.4. The van der Waals surface area contributed by atoms with Gasteiger partial charge in [0.05, 0.1) is 23.9 Å². The first kappa shape index (κ1) is 14.7. The summed E-state index contributed by atoms with van der Waals surface area (Å²) in [4.78, 5) is 1.29.